The van der Waals surface area contributed by atoms with E-state index in [1.807, 2.05) is 55.6 Å². The van der Waals surface area contributed by atoms with Gasteiger partial charge in [0, 0.05) is 30.7 Å². The summed E-state index contributed by atoms with van der Waals surface area (Å²) in [5.74, 6) is 0.694. The molecular formula is C21H24N2O2S. The van der Waals surface area contributed by atoms with Crippen molar-refractivity contribution in [2.75, 3.05) is 31.6 Å². The fourth-order valence-electron chi connectivity index (χ4n) is 2.60. The van der Waals surface area contributed by atoms with E-state index in [1.54, 1.807) is 11.8 Å². The van der Waals surface area contributed by atoms with E-state index >= 15 is 0 Å². The van der Waals surface area contributed by atoms with E-state index in [4.69, 9.17) is 4.74 Å². The summed E-state index contributed by atoms with van der Waals surface area (Å²) in [6.07, 6.45) is 1.97. The first-order valence-electron chi connectivity index (χ1n) is 8.79. The molecule has 2 aromatic carbocycles. The summed E-state index contributed by atoms with van der Waals surface area (Å²) in [7, 11) is 0. The number of hydrogen-bond acceptors (Lipinski definition) is 4. The number of hydrogen-bond donors (Lipinski definition) is 1. The van der Waals surface area contributed by atoms with Crippen LogP contribution in [-0.2, 0) is 15.3 Å². The maximum atomic E-state index is 12.8. The molecule has 0 saturated carbocycles. The predicted molar refractivity (Wildman–Crippen MR) is 108 cm³/mol. The second-order valence-electron chi connectivity index (χ2n) is 6.24. The number of ether oxygens (including phenoxy) is 1. The summed E-state index contributed by atoms with van der Waals surface area (Å²) >= 11 is 1.57. The van der Waals surface area contributed by atoms with Gasteiger partial charge in [0.15, 0.2) is 0 Å². The third-order valence-electron chi connectivity index (χ3n) is 4.12. The zero-order valence-corrected chi connectivity index (χ0v) is 15.8. The fourth-order valence-corrected chi connectivity index (χ4v) is 3.52. The molecule has 1 N–H and O–H groups in total. The molecule has 1 aliphatic heterocycles. The quantitative estimate of drug-likeness (QED) is 0.782. The molecule has 0 aliphatic carbocycles. The smallest absolute Gasteiger partial charge is 0.263 e. The number of nitrogens with one attached hydrogen (secondary N) is 1. The van der Waals surface area contributed by atoms with Crippen molar-refractivity contribution < 1.29 is 9.53 Å². The number of anilines is 1. The molecule has 2 aromatic rings. The SMILES string of the molecule is Cc1ccc(NC(=O)/C(=C/N2CCOCC2)SCc2ccccc2)cc1. The fraction of sp³-hybridized carbons (Fsp3) is 0.286. The number of amides is 1. The highest BCUT2D eigenvalue weighted by atomic mass is 32.2. The van der Waals surface area contributed by atoms with Gasteiger partial charge in [-0.25, -0.2) is 0 Å². The van der Waals surface area contributed by atoms with Crippen molar-refractivity contribution in [3.8, 4) is 0 Å². The van der Waals surface area contributed by atoms with Gasteiger partial charge in [-0.1, -0.05) is 48.0 Å². The maximum absolute atomic E-state index is 12.8. The Hall–Kier alpha value is -2.24. The van der Waals surface area contributed by atoms with Crippen molar-refractivity contribution in [1.82, 2.24) is 4.90 Å². The zero-order valence-electron chi connectivity index (χ0n) is 15.0. The molecule has 0 atom stereocenters. The molecule has 1 saturated heterocycles. The third-order valence-corrected chi connectivity index (χ3v) is 5.20. The van der Waals surface area contributed by atoms with Gasteiger partial charge in [0.2, 0.25) is 0 Å². The van der Waals surface area contributed by atoms with Crippen molar-refractivity contribution >= 4 is 23.4 Å². The lowest BCUT2D eigenvalue weighted by Gasteiger charge is -2.26. The molecule has 5 heteroatoms. The first kappa shape index (κ1) is 18.5. The van der Waals surface area contributed by atoms with Gasteiger partial charge < -0.3 is 15.0 Å². The molecule has 0 unspecified atom stereocenters. The molecule has 1 amide bonds. The average molecular weight is 369 g/mol. The minimum Gasteiger partial charge on any atom is -0.378 e. The number of morpholine rings is 1. The van der Waals surface area contributed by atoms with Gasteiger partial charge in [-0.15, -0.1) is 11.8 Å². The van der Waals surface area contributed by atoms with Crippen LogP contribution in [0.4, 0.5) is 5.69 Å². The minimum atomic E-state index is -0.0683. The predicted octanol–water partition coefficient (Wildman–Crippen LogP) is 4.04. The maximum Gasteiger partial charge on any atom is 0.263 e. The van der Waals surface area contributed by atoms with Crippen molar-refractivity contribution in [3.05, 3.63) is 76.8 Å². The summed E-state index contributed by atoms with van der Waals surface area (Å²) < 4.78 is 5.40. The molecule has 4 nitrogen and oxygen atoms in total. The molecular weight excluding hydrogens is 344 g/mol. The standard InChI is InChI=1S/C21H24N2O2S/c1-17-7-9-19(10-8-17)22-21(24)20(15-23-11-13-25-14-12-23)26-16-18-5-3-2-4-6-18/h2-10,15H,11-14,16H2,1H3,(H,22,24)/b20-15-. The summed E-state index contributed by atoms with van der Waals surface area (Å²) in [6, 6.07) is 18.1. The lowest BCUT2D eigenvalue weighted by Crippen LogP contribution is -2.33. The van der Waals surface area contributed by atoms with Gasteiger partial charge in [0.25, 0.3) is 5.91 Å². The summed E-state index contributed by atoms with van der Waals surface area (Å²) in [6.45, 7) is 5.06. The van der Waals surface area contributed by atoms with Crippen LogP contribution in [-0.4, -0.2) is 37.1 Å². The van der Waals surface area contributed by atoms with Crippen molar-refractivity contribution in [2.24, 2.45) is 0 Å². The molecule has 0 bridgehead atoms. The zero-order chi connectivity index (χ0) is 18.2. The average Bonchev–Trinajstić information content (AvgIpc) is 2.68. The van der Waals surface area contributed by atoms with E-state index in [2.05, 4.69) is 22.3 Å². The molecule has 0 aromatic heterocycles. The van der Waals surface area contributed by atoms with Crippen molar-refractivity contribution in [1.29, 1.82) is 0 Å². The Morgan fingerprint density at radius 3 is 2.50 bits per heavy atom. The molecule has 136 valence electrons. The van der Waals surface area contributed by atoms with Gasteiger partial charge in [-0.3, -0.25) is 4.79 Å². The van der Waals surface area contributed by atoms with Crippen LogP contribution >= 0.6 is 11.8 Å². The van der Waals surface area contributed by atoms with E-state index in [-0.39, 0.29) is 5.91 Å². The monoisotopic (exact) mass is 368 g/mol. The molecule has 1 fully saturated rings. The van der Waals surface area contributed by atoms with Gasteiger partial charge >= 0.3 is 0 Å². The topological polar surface area (TPSA) is 41.6 Å². The van der Waals surface area contributed by atoms with Gasteiger partial charge in [0.05, 0.1) is 18.1 Å². The van der Waals surface area contributed by atoms with Crippen LogP contribution < -0.4 is 5.32 Å². The Labute approximate surface area is 159 Å². The second kappa shape index (κ2) is 9.46. The number of carbonyl (C=O) groups excluding carboxylic acids is 1. The lowest BCUT2D eigenvalue weighted by atomic mass is 10.2. The van der Waals surface area contributed by atoms with Crippen LogP contribution in [0.3, 0.4) is 0 Å². The Morgan fingerprint density at radius 2 is 1.81 bits per heavy atom. The normalized spacial score (nSPS) is 15.0. The molecule has 1 aliphatic rings. The highest BCUT2D eigenvalue weighted by Gasteiger charge is 2.15. The molecule has 0 spiro atoms. The van der Waals surface area contributed by atoms with Crippen LogP contribution in [0.5, 0.6) is 0 Å². The highest BCUT2D eigenvalue weighted by molar-refractivity contribution is 8.03. The van der Waals surface area contributed by atoms with Crippen molar-refractivity contribution in [2.45, 2.75) is 12.7 Å². The molecule has 1 heterocycles. The first-order chi connectivity index (χ1) is 12.7. The van der Waals surface area contributed by atoms with E-state index in [1.165, 1.54) is 11.1 Å². The van der Waals surface area contributed by atoms with Gasteiger partial charge in [0.1, 0.15) is 0 Å². The Bertz CT molecular complexity index is 738. The Balaban J connectivity index is 1.71. The molecule has 26 heavy (non-hydrogen) atoms. The molecule has 3 rings (SSSR count). The summed E-state index contributed by atoms with van der Waals surface area (Å²) in [5.41, 5.74) is 3.19. The summed E-state index contributed by atoms with van der Waals surface area (Å²) in [5, 5.41) is 3.01. The Kier molecular flexibility index (Phi) is 6.75. The number of nitrogens with zero attached hydrogens (tertiary/aromatic N) is 1. The largest absolute Gasteiger partial charge is 0.378 e. The number of benzene rings is 2. The van der Waals surface area contributed by atoms with Gasteiger partial charge in [-0.05, 0) is 24.6 Å². The summed E-state index contributed by atoms with van der Waals surface area (Å²) in [4.78, 5) is 15.7. The number of carbonyl (C=O) groups is 1. The number of thioether (sulfide) groups is 1. The van der Waals surface area contributed by atoms with E-state index in [9.17, 15) is 4.79 Å². The number of aryl methyl sites for hydroxylation is 1. The van der Waals surface area contributed by atoms with Crippen LogP contribution in [0.25, 0.3) is 0 Å². The van der Waals surface area contributed by atoms with Crippen LogP contribution in [0.2, 0.25) is 0 Å². The third kappa shape index (κ3) is 5.64. The van der Waals surface area contributed by atoms with Crippen LogP contribution in [0.1, 0.15) is 11.1 Å². The molecule has 0 radical (unpaired) electrons. The van der Waals surface area contributed by atoms with E-state index < -0.39 is 0 Å². The van der Waals surface area contributed by atoms with Crippen LogP contribution in [0.15, 0.2) is 65.7 Å². The van der Waals surface area contributed by atoms with E-state index in [0.717, 1.165) is 29.4 Å². The van der Waals surface area contributed by atoms with Crippen LogP contribution in [0, 0.1) is 6.92 Å². The van der Waals surface area contributed by atoms with Crippen molar-refractivity contribution in [3.63, 3.8) is 0 Å². The highest BCUT2D eigenvalue weighted by Crippen LogP contribution is 2.24. The second-order valence-corrected chi connectivity index (χ2v) is 7.25. The first-order valence-corrected chi connectivity index (χ1v) is 9.77. The minimum absolute atomic E-state index is 0.0683. The number of rotatable bonds is 6. The lowest BCUT2D eigenvalue weighted by molar-refractivity contribution is -0.112. The van der Waals surface area contributed by atoms with Gasteiger partial charge in [-0.2, -0.15) is 0 Å². The Morgan fingerprint density at radius 1 is 1.12 bits per heavy atom. The van der Waals surface area contributed by atoms with E-state index in [0.29, 0.717) is 13.2 Å².